The average molecular weight is 341 g/mol. The SMILES string of the molecule is O=C1CCC(C(=O)N2CCC3(CCN(Cc4ccccc4)C3)C2)CN1. The van der Waals surface area contributed by atoms with E-state index in [0.717, 1.165) is 39.1 Å². The number of hydrogen-bond acceptors (Lipinski definition) is 3. The molecular weight excluding hydrogens is 314 g/mol. The monoisotopic (exact) mass is 341 g/mol. The average Bonchev–Trinajstić information content (AvgIpc) is 3.23. The van der Waals surface area contributed by atoms with Gasteiger partial charge in [-0.15, -0.1) is 0 Å². The number of nitrogens with zero attached hydrogens (tertiary/aromatic N) is 2. The van der Waals surface area contributed by atoms with E-state index in [4.69, 9.17) is 0 Å². The summed E-state index contributed by atoms with van der Waals surface area (Å²) in [4.78, 5) is 28.7. The van der Waals surface area contributed by atoms with Crippen molar-refractivity contribution < 1.29 is 9.59 Å². The van der Waals surface area contributed by atoms with Crippen LogP contribution in [0.3, 0.4) is 0 Å². The van der Waals surface area contributed by atoms with E-state index in [0.29, 0.717) is 19.4 Å². The molecule has 134 valence electrons. The zero-order valence-corrected chi connectivity index (χ0v) is 14.7. The number of rotatable bonds is 3. The molecule has 3 aliphatic rings. The Bertz CT molecular complexity index is 638. The highest BCUT2D eigenvalue weighted by atomic mass is 16.2. The summed E-state index contributed by atoms with van der Waals surface area (Å²) in [5.41, 5.74) is 1.64. The van der Waals surface area contributed by atoms with Gasteiger partial charge in [0.05, 0.1) is 5.92 Å². The molecule has 3 aliphatic heterocycles. The van der Waals surface area contributed by atoms with Crippen LogP contribution in [0.15, 0.2) is 30.3 Å². The second kappa shape index (κ2) is 6.79. The number of amides is 2. The smallest absolute Gasteiger partial charge is 0.227 e. The minimum Gasteiger partial charge on any atom is -0.355 e. The zero-order chi connectivity index (χ0) is 17.3. The fourth-order valence-electron chi connectivity index (χ4n) is 4.66. The van der Waals surface area contributed by atoms with Crippen molar-refractivity contribution in [1.29, 1.82) is 0 Å². The van der Waals surface area contributed by atoms with E-state index in [-0.39, 0.29) is 23.1 Å². The van der Waals surface area contributed by atoms with Crippen molar-refractivity contribution in [2.45, 2.75) is 32.2 Å². The van der Waals surface area contributed by atoms with Crippen LogP contribution in [0.1, 0.15) is 31.2 Å². The molecule has 1 aromatic carbocycles. The molecule has 1 N–H and O–H groups in total. The van der Waals surface area contributed by atoms with E-state index < -0.39 is 0 Å². The molecule has 3 saturated heterocycles. The van der Waals surface area contributed by atoms with Crippen LogP contribution in [0.25, 0.3) is 0 Å². The van der Waals surface area contributed by atoms with Crippen LogP contribution in [0.4, 0.5) is 0 Å². The van der Waals surface area contributed by atoms with Gasteiger partial charge in [-0.1, -0.05) is 30.3 Å². The Labute approximate surface area is 149 Å². The van der Waals surface area contributed by atoms with Crippen LogP contribution in [-0.2, 0) is 16.1 Å². The highest BCUT2D eigenvalue weighted by Gasteiger charge is 2.45. The molecule has 3 heterocycles. The van der Waals surface area contributed by atoms with Gasteiger partial charge in [0.25, 0.3) is 0 Å². The van der Waals surface area contributed by atoms with Crippen LogP contribution in [-0.4, -0.2) is 54.3 Å². The van der Waals surface area contributed by atoms with E-state index in [1.54, 1.807) is 0 Å². The van der Waals surface area contributed by atoms with Crippen molar-refractivity contribution in [2.24, 2.45) is 11.3 Å². The maximum absolute atomic E-state index is 12.8. The van der Waals surface area contributed by atoms with Crippen LogP contribution < -0.4 is 5.32 Å². The summed E-state index contributed by atoms with van der Waals surface area (Å²) in [5, 5.41) is 2.84. The van der Waals surface area contributed by atoms with Gasteiger partial charge >= 0.3 is 0 Å². The lowest BCUT2D eigenvalue weighted by atomic mass is 9.86. The fraction of sp³-hybridized carbons (Fsp3) is 0.600. The van der Waals surface area contributed by atoms with Gasteiger partial charge in [-0.3, -0.25) is 14.5 Å². The molecule has 0 saturated carbocycles. The number of piperidine rings is 1. The fourth-order valence-corrected chi connectivity index (χ4v) is 4.66. The molecule has 0 aliphatic carbocycles. The summed E-state index contributed by atoms with van der Waals surface area (Å²) in [6.45, 7) is 5.50. The molecule has 2 atom stereocenters. The van der Waals surface area contributed by atoms with Crippen LogP contribution in [0, 0.1) is 11.3 Å². The summed E-state index contributed by atoms with van der Waals surface area (Å²) in [6.07, 6.45) is 3.49. The van der Waals surface area contributed by atoms with E-state index in [2.05, 4.69) is 45.4 Å². The van der Waals surface area contributed by atoms with Crippen molar-refractivity contribution in [3.63, 3.8) is 0 Å². The predicted octanol–water partition coefficient (Wildman–Crippen LogP) is 1.64. The lowest BCUT2D eigenvalue weighted by Gasteiger charge is -2.28. The first kappa shape index (κ1) is 16.6. The molecule has 1 spiro atoms. The van der Waals surface area contributed by atoms with E-state index >= 15 is 0 Å². The zero-order valence-electron chi connectivity index (χ0n) is 14.7. The topological polar surface area (TPSA) is 52.7 Å². The summed E-state index contributed by atoms with van der Waals surface area (Å²) in [6, 6.07) is 10.6. The number of hydrogen-bond donors (Lipinski definition) is 1. The molecule has 0 aromatic heterocycles. The van der Waals surface area contributed by atoms with E-state index in [9.17, 15) is 9.59 Å². The Kier molecular flexibility index (Phi) is 4.50. The molecular formula is C20H27N3O2. The van der Waals surface area contributed by atoms with Gasteiger partial charge in [-0.25, -0.2) is 0 Å². The second-order valence-electron chi connectivity index (χ2n) is 8.00. The van der Waals surface area contributed by atoms with Crippen molar-refractivity contribution in [3.05, 3.63) is 35.9 Å². The Balaban J connectivity index is 1.33. The van der Waals surface area contributed by atoms with Crippen LogP contribution >= 0.6 is 0 Å². The molecule has 4 rings (SSSR count). The van der Waals surface area contributed by atoms with Gasteiger partial charge < -0.3 is 10.2 Å². The van der Waals surface area contributed by atoms with Crippen molar-refractivity contribution in [3.8, 4) is 0 Å². The summed E-state index contributed by atoms with van der Waals surface area (Å²) < 4.78 is 0. The Morgan fingerprint density at radius 3 is 2.72 bits per heavy atom. The standard InChI is InChI=1S/C20H27N3O2/c24-18-7-6-17(12-21-18)19(25)23-11-9-20(15-23)8-10-22(14-20)13-16-4-2-1-3-5-16/h1-5,17H,6-15H2,(H,21,24). The highest BCUT2D eigenvalue weighted by Crippen LogP contribution is 2.40. The molecule has 5 heteroatoms. The first-order valence-electron chi connectivity index (χ1n) is 9.45. The van der Waals surface area contributed by atoms with Crippen molar-refractivity contribution in [1.82, 2.24) is 15.1 Å². The number of carbonyl (C=O) groups is 2. The lowest BCUT2D eigenvalue weighted by molar-refractivity contribution is -0.136. The van der Waals surface area contributed by atoms with Gasteiger partial charge in [0.1, 0.15) is 0 Å². The largest absolute Gasteiger partial charge is 0.355 e. The Morgan fingerprint density at radius 1 is 1.16 bits per heavy atom. The Morgan fingerprint density at radius 2 is 1.96 bits per heavy atom. The van der Waals surface area contributed by atoms with Gasteiger partial charge in [-0.2, -0.15) is 0 Å². The molecule has 5 nitrogen and oxygen atoms in total. The first-order valence-corrected chi connectivity index (χ1v) is 9.45. The third-order valence-electron chi connectivity index (χ3n) is 6.13. The number of carbonyl (C=O) groups excluding carboxylic acids is 2. The second-order valence-corrected chi connectivity index (χ2v) is 8.00. The maximum atomic E-state index is 12.8. The minimum atomic E-state index is -0.0188. The molecule has 25 heavy (non-hydrogen) atoms. The molecule has 2 amide bonds. The lowest BCUT2D eigenvalue weighted by Crippen LogP contribution is -2.44. The molecule has 2 unspecified atom stereocenters. The number of benzene rings is 1. The predicted molar refractivity (Wildman–Crippen MR) is 95.7 cm³/mol. The quantitative estimate of drug-likeness (QED) is 0.909. The van der Waals surface area contributed by atoms with Crippen LogP contribution in [0.2, 0.25) is 0 Å². The van der Waals surface area contributed by atoms with Crippen LogP contribution in [0.5, 0.6) is 0 Å². The highest BCUT2D eigenvalue weighted by molar-refractivity contribution is 5.84. The van der Waals surface area contributed by atoms with E-state index in [1.165, 1.54) is 12.0 Å². The molecule has 0 bridgehead atoms. The van der Waals surface area contributed by atoms with Gasteiger partial charge in [0.15, 0.2) is 0 Å². The normalized spacial score (nSPS) is 30.0. The van der Waals surface area contributed by atoms with Crippen molar-refractivity contribution >= 4 is 11.8 Å². The summed E-state index contributed by atoms with van der Waals surface area (Å²) in [5.74, 6) is 0.308. The van der Waals surface area contributed by atoms with Gasteiger partial charge in [0.2, 0.25) is 11.8 Å². The minimum absolute atomic E-state index is 0.0188. The van der Waals surface area contributed by atoms with Gasteiger partial charge in [-0.05, 0) is 31.4 Å². The molecule has 0 radical (unpaired) electrons. The number of nitrogens with one attached hydrogen (secondary N) is 1. The molecule has 3 fully saturated rings. The third kappa shape index (κ3) is 3.56. The first-order chi connectivity index (χ1) is 12.1. The summed E-state index contributed by atoms with van der Waals surface area (Å²) in [7, 11) is 0. The Hall–Kier alpha value is -1.88. The number of likely N-dealkylation sites (tertiary alicyclic amines) is 2. The summed E-state index contributed by atoms with van der Waals surface area (Å²) >= 11 is 0. The molecule has 1 aromatic rings. The van der Waals surface area contributed by atoms with Gasteiger partial charge in [0, 0.05) is 44.6 Å². The maximum Gasteiger partial charge on any atom is 0.227 e. The van der Waals surface area contributed by atoms with E-state index in [1.807, 2.05) is 0 Å². The third-order valence-corrected chi connectivity index (χ3v) is 6.13. The van der Waals surface area contributed by atoms with Crippen molar-refractivity contribution in [2.75, 3.05) is 32.7 Å².